The molecule has 0 amide bonds. The second-order valence-electron chi connectivity index (χ2n) is 6.07. The number of nitrogens with zero attached hydrogens (tertiary/aromatic N) is 1. The summed E-state index contributed by atoms with van der Waals surface area (Å²) in [5.41, 5.74) is 3.03. The molecule has 1 aliphatic carbocycles. The van der Waals surface area contributed by atoms with Gasteiger partial charge in [0.15, 0.2) is 0 Å². The maximum Gasteiger partial charge on any atom is 0.122 e. The molecular formula is C17H26ClNO. The van der Waals surface area contributed by atoms with Crippen molar-refractivity contribution in [3.63, 3.8) is 0 Å². The van der Waals surface area contributed by atoms with Crippen LogP contribution in [0.4, 0.5) is 0 Å². The van der Waals surface area contributed by atoms with Crippen molar-refractivity contribution in [3.05, 3.63) is 29.3 Å². The van der Waals surface area contributed by atoms with E-state index in [1.807, 2.05) is 0 Å². The zero-order valence-electron chi connectivity index (χ0n) is 12.8. The number of halogens is 1. The second kappa shape index (κ2) is 6.36. The molecule has 0 N–H and O–H groups in total. The topological polar surface area (TPSA) is 12.5 Å². The van der Waals surface area contributed by atoms with Crippen molar-refractivity contribution >= 4 is 12.4 Å². The molecular weight excluding hydrogens is 270 g/mol. The third-order valence-corrected chi connectivity index (χ3v) is 4.99. The fourth-order valence-corrected chi connectivity index (χ4v) is 4.25. The van der Waals surface area contributed by atoms with Crippen LogP contribution < -0.4 is 4.74 Å². The minimum Gasteiger partial charge on any atom is -0.496 e. The summed E-state index contributed by atoms with van der Waals surface area (Å²) in [5.74, 6) is 1.79. The Bertz CT molecular complexity index is 448. The number of rotatable bonds is 3. The lowest BCUT2D eigenvalue weighted by Crippen LogP contribution is -2.38. The van der Waals surface area contributed by atoms with Gasteiger partial charge in [-0.15, -0.1) is 12.4 Å². The lowest BCUT2D eigenvalue weighted by molar-refractivity contribution is 0.185. The number of hydrogen-bond donors (Lipinski definition) is 0. The molecule has 3 unspecified atom stereocenters. The third kappa shape index (κ3) is 2.44. The maximum atomic E-state index is 5.63. The van der Waals surface area contributed by atoms with E-state index in [9.17, 15) is 0 Å². The van der Waals surface area contributed by atoms with Crippen molar-refractivity contribution in [3.8, 4) is 5.75 Å². The Labute approximate surface area is 128 Å². The van der Waals surface area contributed by atoms with Gasteiger partial charge in [0, 0.05) is 23.6 Å². The monoisotopic (exact) mass is 295 g/mol. The summed E-state index contributed by atoms with van der Waals surface area (Å²) in [4.78, 5) is 2.74. The average Bonchev–Trinajstić information content (AvgIpc) is 2.75. The zero-order chi connectivity index (χ0) is 13.4. The highest BCUT2D eigenvalue weighted by Gasteiger charge is 2.43. The Morgan fingerprint density at radius 2 is 2.15 bits per heavy atom. The summed E-state index contributed by atoms with van der Waals surface area (Å²) < 4.78 is 5.63. The molecule has 1 fully saturated rings. The number of likely N-dealkylation sites (tertiary alicyclic amines) is 1. The summed E-state index contributed by atoms with van der Waals surface area (Å²) in [5, 5.41) is 0. The molecule has 3 atom stereocenters. The highest BCUT2D eigenvalue weighted by atomic mass is 35.5. The van der Waals surface area contributed by atoms with Crippen LogP contribution in [0.3, 0.4) is 0 Å². The first kappa shape index (κ1) is 15.7. The first-order chi connectivity index (χ1) is 9.26. The summed E-state index contributed by atoms with van der Waals surface area (Å²) in [7, 11) is 1.81. The van der Waals surface area contributed by atoms with Gasteiger partial charge in [0.1, 0.15) is 5.75 Å². The van der Waals surface area contributed by atoms with Crippen LogP contribution in [0, 0.1) is 0 Å². The predicted octanol–water partition coefficient (Wildman–Crippen LogP) is 4.02. The van der Waals surface area contributed by atoms with E-state index in [1.54, 1.807) is 7.11 Å². The zero-order valence-corrected chi connectivity index (χ0v) is 13.6. The largest absolute Gasteiger partial charge is 0.496 e. The van der Waals surface area contributed by atoms with Crippen molar-refractivity contribution in [1.82, 2.24) is 4.90 Å². The normalized spacial score (nSPS) is 28.4. The summed E-state index contributed by atoms with van der Waals surface area (Å²) in [6.45, 7) is 5.92. The van der Waals surface area contributed by atoms with Crippen LogP contribution in [0.25, 0.3) is 0 Å². The van der Waals surface area contributed by atoms with E-state index >= 15 is 0 Å². The molecule has 2 aliphatic rings. The van der Waals surface area contributed by atoms with Crippen LogP contribution in [-0.2, 0) is 6.42 Å². The number of hydrogen-bond acceptors (Lipinski definition) is 2. The number of aryl methyl sites for hydroxylation is 1. The molecule has 20 heavy (non-hydrogen) atoms. The Morgan fingerprint density at radius 3 is 2.85 bits per heavy atom. The van der Waals surface area contributed by atoms with Gasteiger partial charge in [0.25, 0.3) is 0 Å². The van der Waals surface area contributed by atoms with Gasteiger partial charge >= 0.3 is 0 Å². The van der Waals surface area contributed by atoms with Gasteiger partial charge in [0.2, 0.25) is 0 Å². The molecule has 1 aliphatic heterocycles. The fourth-order valence-electron chi connectivity index (χ4n) is 4.25. The van der Waals surface area contributed by atoms with E-state index in [4.69, 9.17) is 4.74 Å². The average molecular weight is 296 g/mol. The second-order valence-corrected chi connectivity index (χ2v) is 6.07. The van der Waals surface area contributed by atoms with Crippen LogP contribution in [-0.4, -0.2) is 30.6 Å². The van der Waals surface area contributed by atoms with Gasteiger partial charge in [-0.3, -0.25) is 4.90 Å². The van der Waals surface area contributed by atoms with Crippen LogP contribution in [0.15, 0.2) is 18.2 Å². The molecule has 112 valence electrons. The first-order valence-corrected chi connectivity index (χ1v) is 7.67. The van der Waals surface area contributed by atoms with Gasteiger partial charge in [-0.05, 0) is 50.8 Å². The number of benzene rings is 1. The Hall–Kier alpha value is -0.730. The molecule has 0 aromatic heterocycles. The quantitative estimate of drug-likeness (QED) is 0.835. The fraction of sp³-hybridized carbons (Fsp3) is 0.647. The highest BCUT2D eigenvalue weighted by Crippen LogP contribution is 2.47. The van der Waals surface area contributed by atoms with Gasteiger partial charge < -0.3 is 4.74 Å². The molecule has 0 saturated carbocycles. The summed E-state index contributed by atoms with van der Waals surface area (Å²) in [6, 6.07) is 8.01. The predicted molar refractivity (Wildman–Crippen MR) is 86.2 cm³/mol. The molecule has 3 heteroatoms. The van der Waals surface area contributed by atoms with E-state index in [0.29, 0.717) is 12.0 Å². The van der Waals surface area contributed by atoms with Gasteiger partial charge in [-0.2, -0.15) is 0 Å². The Kier molecular flexibility index (Phi) is 4.98. The molecule has 0 spiro atoms. The standard InChI is InChI=1S/C17H25NO.ClH/c1-4-10-18-12(2)11-14-15(18)9-8-13-6-5-7-16(19-3)17(13)14;/h5-7,12,14-15H,4,8-11H2,1-3H3;1H. The molecule has 1 saturated heterocycles. The SMILES string of the molecule is CCCN1C(C)CC2c3c(cccc3OC)CCC21.Cl. The minimum absolute atomic E-state index is 0. The molecule has 0 bridgehead atoms. The van der Waals surface area contributed by atoms with E-state index in [1.165, 1.54) is 43.4 Å². The van der Waals surface area contributed by atoms with E-state index in [2.05, 4.69) is 36.9 Å². The summed E-state index contributed by atoms with van der Waals surface area (Å²) >= 11 is 0. The van der Waals surface area contributed by atoms with Crippen LogP contribution >= 0.6 is 12.4 Å². The van der Waals surface area contributed by atoms with Crippen molar-refractivity contribution in [1.29, 1.82) is 0 Å². The van der Waals surface area contributed by atoms with Gasteiger partial charge in [0.05, 0.1) is 7.11 Å². The first-order valence-electron chi connectivity index (χ1n) is 7.67. The molecule has 2 nitrogen and oxygen atoms in total. The van der Waals surface area contributed by atoms with Crippen LogP contribution in [0.5, 0.6) is 5.75 Å². The molecule has 1 heterocycles. The summed E-state index contributed by atoms with van der Waals surface area (Å²) in [6.07, 6.45) is 5.07. The van der Waals surface area contributed by atoms with E-state index in [-0.39, 0.29) is 12.4 Å². The van der Waals surface area contributed by atoms with E-state index in [0.717, 1.165) is 11.8 Å². The highest BCUT2D eigenvalue weighted by molar-refractivity contribution is 5.85. The van der Waals surface area contributed by atoms with Crippen LogP contribution in [0.2, 0.25) is 0 Å². The minimum atomic E-state index is 0. The van der Waals surface area contributed by atoms with Gasteiger partial charge in [-0.25, -0.2) is 0 Å². The van der Waals surface area contributed by atoms with Gasteiger partial charge in [-0.1, -0.05) is 19.1 Å². The van der Waals surface area contributed by atoms with Crippen molar-refractivity contribution < 1.29 is 4.74 Å². The number of methoxy groups -OCH3 is 1. The number of fused-ring (bicyclic) bond motifs is 3. The third-order valence-electron chi connectivity index (χ3n) is 4.99. The smallest absolute Gasteiger partial charge is 0.122 e. The van der Waals surface area contributed by atoms with E-state index < -0.39 is 0 Å². The molecule has 0 radical (unpaired) electrons. The van der Waals surface area contributed by atoms with Crippen molar-refractivity contribution in [2.45, 2.75) is 57.5 Å². The Morgan fingerprint density at radius 1 is 1.35 bits per heavy atom. The number of ether oxygens (including phenoxy) is 1. The maximum absolute atomic E-state index is 5.63. The molecule has 3 rings (SSSR count). The van der Waals surface area contributed by atoms with Crippen molar-refractivity contribution in [2.24, 2.45) is 0 Å². The lowest BCUT2D eigenvalue weighted by Gasteiger charge is -2.35. The lowest BCUT2D eigenvalue weighted by atomic mass is 9.78. The Balaban J connectivity index is 0.00000147. The molecule has 1 aromatic carbocycles. The van der Waals surface area contributed by atoms with Crippen molar-refractivity contribution in [2.75, 3.05) is 13.7 Å². The van der Waals surface area contributed by atoms with Crippen LogP contribution in [0.1, 0.15) is 50.2 Å². The molecule has 1 aromatic rings.